The van der Waals surface area contributed by atoms with Crippen LogP contribution < -0.4 is 5.73 Å². The first-order valence-electron chi connectivity index (χ1n) is 4.96. The van der Waals surface area contributed by atoms with Crippen LogP contribution in [0, 0.1) is 0 Å². The summed E-state index contributed by atoms with van der Waals surface area (Å²) in [6, 6.07) is 0.177. The van der Waals surface area contributed by atoms with Crippen LogP contribution in [0.4, 0.5) is 8.78 Å². The first-order chi connectivity index (χ1) is 6.24. The third kappa shape index (κ3) is 3.56. The number of nitrogens with two attached hydrogens (primary N) is 1. The van der Waals surface area contributed by atoms with Crippen LogP contribution >= 0.6 is 0 Å². The largest absolute Gasteiger partial charge is 0.329 e. The second-order valence-electron chi connectivity index (χ2n) is 3.62. The van der Waals surface area contributed by atoms with Gasteiger partial charge in [-0.15, -0.1) is 0 Å². The van der Waals surface area contributed by atoms with Crippen molar-refractivity contribution in [3.8, 4) is 0 Å². The van der Waals surface area contributed by atoms with Crippen LogP contribution in [0.25, 0.3) is 0 Å². The van der Waals surface area contributed by atoms with E-state index in [1.165, 1.54) is 0 Å². The summed E-state index contributed by atoms with van der Waals surface area (Å²) in [6.45, 7) is 1.18. The number of rotatable bonds is 3. The molecular weight excluding hydrogens is 174 g/mol. The van der Waals surface area contributed by atoms with Crippen molar-refractivity contribution in [3.05, 3.63) is 0 Å². The molecule has 1 saturated heterocycles. The number of halogens is 2. The average Bonchev–Trinajstić information content (AvgIpc) is 2.28. The second kappa shape index (κ2) is 5.50. The van der Waals surface area contributed by atoms with Gasteiger partial charge in [0.05, 0.1) is 6.54 Å². The molecule has 2 nitrogen and oxygen atoms in total. The molecule has 1 fully saturated rings. The van der Waals surface area contributed by atoms with Crippen molar-refractivity contribution in [3.63, 3.8) is 0 Å². The van der Waals surface area contributed by atoms with Crippen LogP contribution in [0.15, 0.2) is 0 Å². The second-order valence-corrected chi connectivity index (χ2v) is 3.62. The number of likely N-dealkylation sites (tertiary alicyclic amines) is 1. The summed E-state index contributed by atoms with van der Waals surface area (Å²) in [5.74, 6) is 0. The standard InChI is InChI=1S/C9H18F2N2/c10-9(11)7-13-5-3-1-2-4-8(13)6-12/h8-9H,1-7,12H2. The van der Waals surface area contributed by atoms with Crippen molar-refractivity contribution in [2.75, 3.05) is 19.6 Å². The van der Waals surface area contributed by atoms with E-state index in [1.807, 2.05) is 4.90 Å². The molecule has 0 spiro atoms. The molecule has 0 radical (unpaired) electrons. The Balaban J connectivity index is 2.44. The van der Waals surface area contributed by atoms with Crippen molar-refractivity contribution in [2.45, 2.75) is 38.2 Å². The number of nitrogens with zero attached hydrogens (tertiary/aromatic N) is 1. The molecule has 2 N–H and O–H groups in total. The van der Waals surface area contributed by atoms with Gasteiger partial charge in [-0.3, -0.25) is 4.90 Å². The number of hydrogen-bond acceptors (Lipinski definition) is 2. The Morgan fingerprint density at radius 2 is 2.08 bits per heavy atom. The molecule has 0 aromatic heterocycles. The van der Waals surface area contributed by atoms with E-state index in [4.69, 9.17) is 5.73 Å². The lowest BCUT2D eigenvalue weighted by molar-refractivity contribution is 0.0687. The monoisotopic (exact) mass is 192 g/mol. The molecule has 0 amide bonds. The highest BCUT2D eigenvalue weighted by molar-refractivity contribution is 4.76. The van der Waals surface area contributed by atoms with Crippen LogP contribution in [0.1, 0.15) is 25.7 Å². The summed E-state index contributed by atoms with van der Waals surface area (Å²) in [5, 5.41) is 0. The maximum absolute atomic E-state index is 12.2. The minimum atomic E-state index is -2.23. The van der Waals surface area contributed by atoms with Crippen LogP contribution in [-0.2, 0) is 0 Å². The Morgan fingerprint density at radius 1 is 1.31 bits per heavy atom. The molecule has 1 aliphatic heterocycles. The van der Waals surface area contributed by atoms with Gasteiger partial charge < -0.3 is 5.73 Å². The van der Waals surface area contributed by atoms with Gasteiger partial charge in [0, 0.05) is 12.6 Å². The van der Waals surface area contributed by atoms with Crippen LogP contribution in [0.3, 0.4) is 0 Å². The number of hydrogen-bond donors (Lipinski definition) is 1. The summed E-state index contributed by atoms with van der Waals surface area (Å²) in [6.07, 6.45) is 2.05. The predicted octanol–water partition coefficient (Wildman–Crippen LogP) is 1.45. The van der Waals surface area contributed by atoms with E-state index in [0.717, 1.165) is 32.2 Å². The zero-order chi connectivity index (χ0) is 9.68. The van der Waals surface area contributed by atoms with Crippen LogP contribution in [0.5, 0.6) is 0 Å². The van der Waals surface area contributed by atoms with E-state index in [0.29, 0.717) is 6.54 Å². The van der Waals surface area contributed by atoms with E-state index in [9.17, 15) is 8.78 Å². The Bertz CT molecular complexity index is 142. The Hall–Kier alpha value is -0.220. The molecule has 1 aliphatic rings. The fraction of sp³-hybridized carbons (Fsp3) is 1.00. The smallest absolute Gasteiger partial charge is 0.251 e. The lowest BCUT2D eigenvalue weighted by Crippen LogP contribution is -2.42. The van der Waals surface area contributed by atoms with Gasteiger partial charge in [-0.1, -0.05) is 12.8 Å². The first-order valence-corrected chi connectivity index (χ1v) is 4.96. The lowest BCUT2D eigenvalue weighted by atomic mass is 10.1. The lowest BCUT2D eigenvalue weighted by Gasteiger charge is -2.28. The molecule has 0 bridgehead atoms. The number of alkyl halides is 2. The molecule has 0 aliphatic carbocycles. The van der Waals surface area contributed by atoms with Gasteiger partial charge in [0.25, 0.3) is 6.43 Å². The Labute approximate surface area is 78.1 Å². The van der Waals surface area contributed by atoms with Crippen molar-refractivity contribution in [2.24, 2.45) is 5.73 Å². The summed E-state index contributed by atoms with van der Waals surface area (Å²) >= 11 is 0. The molecule has 1 unspecified atom stereocenters. The fourth-order valence-electron chi connectivity index (χ4n) is 1.92. The average molecular weight is 192 g/mol. The molecule has 1 heterocycles. The van der Waals surface area contributed by atoms with E-state index >= 15 is 0 Å². The van der Waals surface area contributed by atoms with Gasteiger partial charge in [-0.05, 0) is 19.4 Å². The molecule has 0 aromatic rings. The molecule has 1 atom stereocenters. The minimum absolute atomic E-state index is 0.109. The van der Waals surface area contributed by atoms with E-state index in [2.05, 4.69) is 0 Å². The molecule has 1 rings (SSSR count). The van der Waals surface area contributed by atoms with Gasteiger partial charge in [0.15, 0.2) is 0 Å². The maximum atomic E-state index is 12.2. The van der Waals surface area contributed by atoms with E-state index in [1.54, 1.807) is 0 Å². The Morgan fingerprint density at radius 3 is 2.69 bits per heavy atom. The summed E-state index contributed by atoms with van der Waals surface area (Å²) in [5.41, 5.74) is 5.55. The van der Waals surface area contributed by atoms with Crippen molar-refractivity contribution in [1.82, 2.24) is 4.90 Å². The van der Waals surface area contributed by atoms with E-state index < -0.39 is 6.43 Å². The third-order valence-electron chi connectivity index (χ3n) is 2.64. The molecular formula is C9H18F2N2. The van der Waals surface area contributed by atoms with Gasteiger partial charge in [-0.25, -0.2) is 8.78 Å². The van der Waals surface area contributed by atoms with Crippen molar-refractivity contribution < 1.29 is 8.78 Å². The Kier molecular flexibility index (Phi) is 4.59. The normalized spacial score (nSPS) is 26.3. The minimum Gasteiger partial charge on any atom is -0.329 e. The molecule has 0 aromatic carbocycles. The van der Waals surface area contributed by atoms with Gasteiger partial charge in [0.1, 0.15) is 0 Å². The maximum Gasteiger partial charge on any atom is 0.251 e. The first kappa shape index (κ1) is 10.9. The summed E-state index contributed by atoms with van der Waals surface area (Å²) in [4.78, 5) is 1.84. The highest BCUT2D eigenvalue weighted by atomic mass is 19.3. The van der Waals surface area contributed by atoms with Crippen molar-refractivity contribution in [1.29, 1.82) is 0 Å². The molecule has 78 valence electrons. The van der Waals surface area contributed by atoms with Gasteiger partial charge in [-0.2, -0.15) is 0 Å². The zero-order valence-corrected chi connectivity index (χ0v) is 7.88. The molecule has 4 heteroatoms. The topological polar surface area (TPSA) is 29.3 Å². The van der Waals surface area contributed by atoms with Crippen molar-refractivity contribution >= 4 is 0 Å². The summed E-state index contributed by atoms with van der Waals surface area (Å²) in [7, 11) is 0. The highest BCUT2D eigenvalue weighted by Gasteiger charge is 2.21. The fourth-order valence-corrected chi connectivity index (χ4v) is 1.92. The summed E-state index contributed by atoms with van der Waals surface area (Å²) < 4.78 is 24.4. The highest BCUT2D eigenvalue weighted by Crippen LogP contribution is 2.16. The zero-order valence-electron chi connectivity index (χ0n) is 7.88. The molecule has 13 heavy (non-hydrogen) atoms. The van der Waals surface area contributed by atoms with Crippen LogP contribution in [-0.4, -0.2) is 37.0 Å². The van der Waals surface area contributed by atoms with Gasteiger partial charge >= 0.3 is 0 Å². The SMILES string of the molecule is NCC1CCCCCN1CC(F)F. The van der Waals surface area contributed by atoms with Crippen LogP contribution in [0.2, 0.25) is 0 Å². The third-order valence-corrected chi connectivity index (χ3v) is 2.64. The van der Waals surface area contributed by atoms with Gasteiger partial charge in [0.2, 0.25) is 0 Å². The van der Waals surface area contributed by atoms with E-state index in [-0.39, 0.29) is 12.6 Å². The predicted molar refractivity (Wildman–Crippen MR) is 48.9 cm³/mol. The molecule has 0 saturated carbocycles. The quantitative estimate of drug-likeness (QED) is 0.733.